The predicted molar refractivity (Wildman–Crippen MR) is 164 cm³/mol. The average Bonchev–Trinajstić information content (AvgIpc) is 3.22. The van der Waals surface area contributed by atoms with Crippen molar-refractivity contribution in [1.82, 2.24) is 4.90 Å². The van der Waals surface area contributed by atoms with Gasteiger partial charge in [-0.1, -0.05) is 54.6 Å². The van der Waals surface area contributed by atoms with E-state index in [1.807, 2.05) is 96.1 Å². The first kappa shape index (κ1) is 34.5. The second kappa shape index (κ2) is 13.3. The Labute approximate surface area is 255 Å². The van der Waals surface area contributed by atoms with Gasteiger partial charge in [-0.15, -0.1) is 0 Å². The van der Waals surface area contributed by atoms with Crippen LogP contribution >= 0.6 is 7.60 Å². The molecule has 1 aliphatic rings. The van der Waals surface area contributed by atoms with Crippen molar-refractivity contribution in [2.45, 2.75) is 104 Å². The van der Waals surface area contributed by atoms with E-state index < -0.39 is 54.3 Å². The summed E-state index contributed by atoms with van der Waals surface area (Å²) in [6.07, 6.45) is -0.701. The third kappa shape index (κ3) is 10.9. The highest BCUT2D eigenvalue weighted by Gasteiger charge is 2.42. The van der Waals surface area contributed by atoms with Crippen LogP contribution in [0.1, 0.15) is 91.5 Å². The maximum absolute atomic E-state index is 13.9. The van der Waals surface area contributed by atoms with Gasteiger partial charge < -0.3 is 18.5 Å². The minimum absolute atomic E-state index is 0.0375. The minimum atomic E-state index is -3.51. The zero-order chi connectivity index (χ0) is 32.2. The molecule has 1 unspecified atom stereocenters. The SMILES string of the molecule is CC(C)(C)OC(=O)CC(Cc1ccc(CP(=O)(OC(C)(C)C)OC(C)(C)C)cc1)C(=O)N1C(=O)OC[C@@H]1c1ccccc1. The van der Waals surface area contributed by atoms with Crippen LogP contribution < -0.4 is 0 Å². The lowest BCUT2D eigenvalue weighted by atomic mass is 9.93. The first-order valence-corrected chi connectivity index (χ1v) is 16.3. The Morgan fingerprint density at radius 3 is 1.91 bits per heavy atom. The molecular weight excluding hydrogens is 569 g/mol. The van der Waals surface area contributed by atoms with E-state index in [1.54, 1.807) is 20.8 Å². The number of ether oxygens (including phenoxy) is 2. The van der Waals surface area contributed by atoms with Crippen LogP contribution in [0.25, 0.3) is 0 Å². The normalized spacial score (nSPS) is 17.0. The van der Waals surface area contributed by atoms with E-state index in [0.29, 0.717) is 0 Å². The molecule has 1 aliphatic heterocycles. The lowest BCUT2D eigenvalue weighted by Crippen LogP contribution is -2.40. The lowest BCUT2D eigenvalue weighted by molar-refractivity contribution is -0.158. The molecule has 236 valence electrons. The minimum Gasteiger partial charge on any atom is -0.460 e. The molecule has 0 aliphatic carbocycles. The number of imide groups is 1. The van der Waals surface area contributed by atoms with Crippen LogP contribution in [-0.2, 0) is 45.3 Å². The third-order valence-corrected chi connectivity index (χ3v) is 8.59. The topological polar surface area (TPSA) is 108 Å². The molecule has 0 aromatic heterocycles. The van der Waals surface area contributed by atoms with Crippen LogP contribution in [0.5, 0.6) is 0 Å². The fraction of sp³-hybridized carbons (Fsp3) is 0.545. The molecule has 0 radical (unpaired) electrons. The van der Waals surface area contributed by atoms with Crippen molar-refractivity contribution in [3.8, 4) is 0 Å². The number of amides is 2. The van der Waals surface area contributed by atoms with E-state index in [9.17, 15) is 18.9 Å². The summed E-state index contributed by atoms with van der Waals surface area (Å²) >= 11 is 0. The summed E-state index contributed by atoms with van der Waals surface area (Å²) in [4.78, 5) is 40.7. The van der Waals surface area contributed by atoms with E-state index in [2.05, 4.69) is 0 Å². The van der Waals surface area contributed by atoms with Crippen LogP contribution in [0.15, 0.2) is 54.6 Å². The van der Waals surface area contributed by atoms with Gasteiger partial charge in [-0.25, -0.2) is 9.69 Å². The van der Waals surface area contributed by atoms with Crippen molar-refractivity contribution in [3.05, 3.63) is 71.3 Å². The molecule has 43 heavy (non-hydrogen) atoms. The van der Waals surface area contributed by atoms with Gasteiger partial charge in [0.25, 0.3) is 0 Å². The molecule has 10 heteroatoms. The third-order valence-electron chi connectivity index (χ3n) is 6.18. The van der Waals surface area contributed by atoms with E-state index in [4.69, 9.17) is 18.5 Å². The number of hydrogen-bond acceptors (Lipinski definition) is 8. The molecule has 2 aromatic carbocycles. The van der Waals surface area contributed by atoms with Crippen molar-refractivity contribution >= 4 is 25.6 Å². The number of hydrogen-bond donors (Lipinski definition) is 0. The molecule has 9 nitrogen and oxygen atoms in total. The predicted octanol–water partition coefficient (Wildman–Crippen LogP) is 7.62. The molecule has 2 atom stereocenters. The van der Waals surface area contributed by atoms with Gasteiger partial charge in [0.05, 0.1) is 29.7 Å². The van der Waals surface area contributed by atoms with E-state index >= 15 is 0 Å². The van der Waals surface area contributed by atoms with Crippen LogP contribution in [-0.4, -0.2) is 46.3 Å². The number of carbonyl (C=O) groups is 3. The lowest BCUT2D eigenvalue weighted by Gasteiger charge is -2.32. The second-order valence-electron chi connectivity index (χ2n) is 13.9. The fourth-order valence-electron chi connectivity index (χ4n) is 4.82. The number of nitrogens with zero attached hydrogens (tertiary/aromatic N) is 1. The smallest absolute Gasteiger partial charge is 0.417 e. The van der Waals surface area contributed by atoms with E-state index in [1.165, 1.54) is 0 Å². The van der Waals surface area contributed by atoms with Crippen molar-refractivity contribution in [2.75, 3.05) is 6.61 Å². The highest BCUT2D eigenvalue weighted by atomic mass is 31.2. The molecular formula is C33H46NO8P. The number of carbonyl (C=O) groups excluding carboxylic acids is 3. The van der Waals surface area contributed by atoms with Gasteiger partial charge in [0, 0.05) is 0 Å². The van der Waals surface area contributed by atoms with Crippen molar-refractivity contribution < 1.29 is 37.5 Å². The Hall–Kier alpha value is -3.00. The maximum atomic E-state index is 13.9. The summed E-state index contributed by atoms with van der Waals surface area (Å²) in [6, 6.07) is 15.9. The molecule has 1 fully saturated rings. The Bertz CT molecular complexity index is 1300. The average molecular weight is 616 g/mol. The van der Waals surface area contributed by atoms with Crippen molar-refractivity contribution in [2.24, 2.45) is 5.92 Å². The molecule has 1 heterocycles. The zero-order valence-corrected chi connectivity index (χ0v) is 27.7. The number of rotatable bonds is 10. The molecule has 3 rings (SSSR count). The quantitative estimate of drug-likeness (QED) is 0.198. The number of benzene rings is 2. The summed E-state index contributed by atoms with van der Waals surface area (Å²) in [5.74, 6) is -1.92. The first-order valence-electron chi connectivity index (χ1n) is 14.6. The van der Waals surface area contributed by atoms with Gasteiger partial charge in [0.15, 0.2) is 0 Å². The molecule has 2 amide bonds. The summed E-state index contributed by atoms with van der Waals surface area (Å²) in [5.41, 5.74) is 0.181. The summed E-state index contributed by atoms with van der Waals surface area (Å²) in [6.45, 7) is 16.3. The van der Waals surface area contributed by atoms with Gasteiger partial charge in [-0.2, -0.15) is 0 Å². The molecule has 0 spiro atoms. The summed E-state index contributed by atoms with van der Waals surface area (Å²) < 4.78 is 36.4. The van der Waals surface area contributed by atoms with Crippen LogP contribution in [0, 0.1) is 5.92 Å². The highest BCUT2D eigenvalue weighted by molar-refractivity contribution is 7.53. The molecule has 2 aromatic rings. The van der Waals surface area contributed by atoms with Crippen LogP contribution in [0.3, 0.4) is 0 Å². The number of esters is 1. The molecule has 1 saturated heterocycles. The Morgan fingerprint density at radius 1 is 0.860 bits per heavy atom. The van der Waals surface area contributed by atoms with Gasteiger partial charge in [0.2, 0.25) is 5.91 Å². The molecule has 0 bridgehead atoms. The highest BCUT2D eigenvalue weighted by Crippen LogP contribution is 2.56. The standard InChI is InChI=1S/C33H46NO8P/c1-31(2,3)40-28(35)20-26(29(36)34-27(21-39-30(34)37)25-13-11-10-12-14-25)19-23-15-17-24(18-16-23)22-43(38,41-32(4,5)6)42-33(7,8)9/h10-18,26-27H,19-22H2,1-9H3/t26?,27-/m1/s1. The van der Waals surface area contributed by atoms with Crippen LogP contribution in [0.2, 0.25) is 0 Å². The van der Waals surface area contributed by atoms with Gasteiger partial charge in [0.1, 0.15) is 18.2 Å². The van der Waals surface area contributed by atoms with Crippen molar-refractivity contribution in [1.29, 1.82) is 0 Å². The van der Waals surface area contributed by atoms with Gasteiger partial charge in [-0.05, 0) is 85.4 Å². The monoisotopic (exact) mass is 615 g/mol. The van der Waals surface area contributed by atoms with Gasteiger partial charge >= 0.3 is 19.7 Å². The first-order chi connectivity index (χ1) is 19.7. The maximum Gasteiger partial charge on any atom is 0.417 e. The largest absolute Gasteiger partial charge is 0.460 e. The number of cyclic esters (lactones) is 1. The van der Waals surface area contributed by atoms with Gasteiger partial charge in [-0.3, -0.25) is 14.2 Å². The van der Waals surface area contributed by atoms with Crippen molar-refractivity contribution in [3.63, 3.8) is 0 Å². The van der Waals surface area contributed by atoms with Crippen LogP contribution in [0.4, 0.5) is 4.79 Å². The van der Waals surface area contributed by atoms with E-state index in [-0.39, 0.29) is 25.6 Å². The Balaban J connectivity index is 1.86. The Morgan fingerprint density at radius 2 is 1.40 bits per heavy atom. The fourth-order valence-corrected chi connectivity index (χ4v) is 7.31. The second-order valence-corrected chi connectivity index (χ2v) is 15.8. The Kier molecular flexibility index (Phi) is 10.7. The zero-order valence-electron chi connectivity index (χ0n) is 26.8. The van der Waals surface area contributed by atoms with E-state index in [0.717, 1.165) is 21.6 Å². The summed E-state index contributed by atoms with van der Waals surface area (Å²) in [5, 5.41) is 0. The summed E-state index contributed by atoms with van der Waals surface area (Å²) in [7, 11) is -3.51. The molecule has 0 N–H and O–H groups in total. The molecule has 0 saturated carbocycles.